The zero-order valence-corrected chi connectivity index (χ0v) is 20.6. The van der Waals surface area contributed by atoms with Gasteiger partial charge < -0.3 is 18.7 Å². The normalized spacial score (nSPS) is 12.6. The third-order valence-electron chi connectivity index (χ3n) is 5.03. The average molecular weight is 480 g/mol. The lowest BCUT2D eigenvalue weighted by Gasteiger charge is -2.14. The molecule has 8 nitrogen and oxygen atoms in total. The second-order valence-corrected chi connectivity index (χ2v) is 8.81. The minimum absolute atomic E-state index is 0.136. The Hall–Kier alpha value is -2.54. The first-order valence-electron chi connectivity index (χ1n) is 10.9. The number of Topliss-reactive ketones (excluding diaryl/α,β-unsaturated/α-hetero) is 1. The molecule has 0 saturated heterocycles. The molecule has 182 valence electrons. The summed E-state index contributed by atoms with van der Waals surface area (Å²) >= 11 is 0. The summed E-state index contributed by atoms with van der Waals surface area (Å²) < 4.78 is 38.1. The van der Waals surface area contributed by atoms with Gasteiger partial charge in [-0.15, -0.1) is 0 Å². The fourth-order valence-electron chi connectivity index (χ4n) is 3.25. The number of methoxy groups -OCH3 is 3. The Bertz CT molecular complexity index is 917. The fraction of sp³-hybridized carbons (Fsp3) is 0.458. The monoisotopic (exact) mass is 480 g/mol. The first-order chi connectivity index (χ1) is 15.8. The van der Waals surface area contributed by atoms with E-state index >= 15 is 0 Å². The van der Waals surface area contributed by atoms with E-state index in [1.807, 2.05) is 0 Å². The molecular formula is C24H33O8P. The summed E-state index contributed by atoms with van der Waals surface area (Å²) in [7, 11) is 0.329. The molecule has 0 aliphatic heterocycles. The number of carbonyl (C=O) groups excluding carboxylic acids is 1. The van der Waals surface area contributed by atoms with Crippen molar-refractivity contribution in [2.75, 3.05) is 27.9 Å². The van der Waals surface area contributed by atoms with Crippen LogP contribution in [-0.4, -0.2) is 38.6 Å². The molecule has 9 heteroatoms. The largest absolute Gasteiger partial charge is 0.527 e. The molecule has 0 fully saturated rings. The van der Waals surface area contributed by atoms with Crippen LogP contribution in [0, 0.1) is 0 Å². The zero-order valence-electron chi connectivity index (χ0n) is 19.7. The summed E-state index contributed by atoms with van der Waals surface area (Å²) in [5.41, 5.74) is 1.23. The van der Waals surface area contributed by atoms with Crippen LogP contribution in [0.3, 0.4) is 0 Å². The van der Waals surface area contributed by atoms with Gasteiger partial charge in [-0.1, -0.05) is 38.3 Å². The topological polar surface area (TPSA) is 101 Å². The van der Waals surface area contributed by atoms with Crippen molar-refractivity contribution in [3.05, 3.63) is 47.5 Å². The Morgan fingerprint density at radius 2 is 1.55 bits per heavy atom. The Morgan fingerprint density at radius 1 is 0.909 bits per heavy atom. The number of rotatable bonds is 15. The molecular weight excluding hydrogens is 447 g/mol. The van der Waals surface area contributed by atoms with Gasteiger partial charge in [-0.25, -0.2) is 4.57 Å². The lowest BCUT2D eigenvalue weighted by Crippen LogP contribution is -2.07. The molecule has 0 aromatic heterocycles. The van der Waals surface area contributed by atoms with E-state index < -0.39 is 7.82 Å². The van der Waals surface area contributed by atoms with Gasteiger partial charge in [0.2, 0.25) is 0 Å². The Morgan fingerprint density at radius 3 is 2.09 bits per heavy atom. The number of phosphoric ester groups is 1. The second kappa shape index (κ2) is 13.2. The van der Waals surface area contributed by atoms with E-state index in [9.17, 15) is 14.3 Å². The first-order valence-corrected chi connectivity index (χ1v) is 12.4. The molecule has 0 saturated carbocycles. The lowest BCUT2D eigenvalue weighted by molar-refractivity contribution is 0.0976. The molecule has 2 aromatic rings. The molecule has 0 bridgehead atoms. The van der Waals surface area contributed by atoms with E-state index in [2.05, 4.69) is 6.92 Å². The van der Waals surface area contributed by atoms with Crippen molar-refractivity contribution in [1.29, 1.82) is 0 Å². The van der Waals surface area contributed by atoms with E-state index in [0.717, 1.165) is 24.8 Å². The van der Waals surface area contributed by atoms with Crippen LogP contribution in [0.2, 0.25) is 0 Å². The molecule has 2 rings (SSSR count). The number of aryl methyl sites for hydroxylation is 1. The Labute approximate surface area is 195 Å². The number of unbranched alkanes of at least 4 members (excludes halogenated alkanes) is 3. The van der Waals surface area contributed by atoms with Gasteiger partial charge in [0.1, 0.15) is 28.6 Å². The minimum Gasteiger partial charge on any atom is -0.496 e. The lowest BCUT2D eigenvalue weighted by atomic mass is 10.0. The fourth-order valence-corrected chi connectivity index (χ4v) is 4.05. The van der Waals surface area contributed by atoms with Crippen LogP contribution < -0.4 is 18.7 Å². The summed E-state index contributed by atoms with van der Waals surface area (Å²) in [6.45, 7) is 2.26. The smallest absolute Gasteiger partial charge is 0.496 e. The van der Waals surface area contributed by atoms with E-state index in [0.29, 0.717) is 35.7 Å². The van der Waals surface area contributed by atoms with Crippen LogP contribution in [-0.2, 0) is 15.5 Å². The summed E-state index contributed by atoms with van der Waals surface area (Å²) in [4.78, 5) is 22.8. The second-order valence-electron chi connectivity index (χ2n) is 7.43. The summed E-state index contributed by atoms with van der Waals surface area (Å²) in [5, 5.41) is 0. The summed E-state index contributed by atoms with van der Waals surface area (Å²) in [5.74, 6) is 1.38. The predicted octanol–water partition coefficient (Wildman–Crippen LogP) is 5.60. The van der Waals surface area contributed by atoms with E-state index in [-0.39, 0.29) is 24.6 Å². The predicted molar refractivity (Wildman–Crippen MR) is 126 cm³/mol. The van der Waals surface area contributed by atoms with Crippen molar-refractivity contribution in [2.24, 2.45) is 0 Å². The third kappa shape index (κ3) is 8.39. The van der Waals surface area contributed by atoms with Crippen LogP contribution in [0.4, 0.5) is 0 Å². The van der Waals surface area contributed by atoms with Crippen LogP contribution >= 0.6 is 7.82 Å². The van der Waals surface area contributed by atoms with E-state index in [1.54, 1.807) is 36.4 Å². The number of ketones is 1. The highest BCUT2D eigenvalue weighted by atomic mass is 31.2. The molecule has 1 unspecified atom stereocenters. The van der Waals surface area contributed by atoms with Gasteiger partial charge in [0, 0.05) is 18.6 Å². The number of benzene rings is 2. The van der Waals surface area contributed by atoms with Crippen molar-refractivity contribution >= 4 is 13.6 Å². The molecule has 1 atom stereocenters. The molecule has 1 N–H and O–H groups in total. The maximum atomic E-state index is 12.9. The summed E-state index contributed by atoms with van der Waals surface area (Å²) in [6.07, 6.45) is 4.46. The number of ether oxygens (including phenoxy) is 3. The van der Waals surface area contributed by atoms with Crippen LogP contribution in [0.15, 0.2) is 36.4 Å². The summed E-state index contributed by atoms with van der Waals surface area (Å²) in [6, 6.07) is 9.93. The van der Waals surface area contributed by atoms with E-state index in [1.165, 1.54) is 21.3 Å². The molecule has 2 aromatic carbocycles. The SMILES string of the molecule is CCCCCCOP(=O)(O)Oc1ccc(CCC(=O)c2c(OC)cc(OC)cc2OC)cc1. The van der Waals surface area contributed by atoms with Crippen molar-refractivity contribution in [2.45, 2.75) is 45.4 Å². The maximum absolute atomic E-state index is 12.9. The van der Waals surface area contributed by atoms with Crippen LogP contribution in [0.1, 0.15) is 54.9 Å². The highest BCUT2D eigenvalue weighted by molar-refractivity contribution is 7.47. The van der Waals surface area contributed by atoms with Gasteiger partial charge in [0.05, 0.1) is 27.9 Å². The third-order valence-corrected chi connectivity index (χ3v) is 5.98. The zero-order chi connectivity index (χ0) is 24.3. The van der Waals surface area contributed by atoms with E-state index in [4.69, 9.17) is 23.3 Å². The molecule has 0 spiro atoms. The van der Waals surface area contributed by atoms with Crippen molar-refractivity contribution in [3.8, 4) is 23.0 Å². The minimum atomic E-state index is -4.17. The molecule has 33 heavy (non-hydrogen) atoms. The highest BCUT2D eigenvalue weighted by Crippen LogP contribution is 2.44. The highest BCUT2D eigenvalue weighted by Gasteiger charge is 2.23. The quantitative estimate of drug-likeness (QED) is 0.200. The van der Waals surface area contributed by atoms with Gasteiger partial charge in [-0.05, 0) is 30.5 Å². The number of hydrogen-bond donors (Lipinski definition) is 1. The van der Waals surface area contributed by atoms with Crippen LogP contribution in [0.5, 0.6) is 23.0 Å². The van der Waals surface area contributed by atoms with Crippen molar-refractivity contribution < 1.29 is 37.5 Å². The van der Waals surface area contributed by atoms with Gasteiger partial charge in [0.15, 0.2) is 5.78 Å². The number of phosphoric acid groups is 1. The average Bonchev–Trinajstić information content (AvgIpc) is 2.82. The van der Waals surface area contributed by atoms with Gasteiger partial charge >= 0.3 is 7.82 Å². The molecule has 0 aliphatic carbocycles. The van der Waals surface area contributed by atoms with Gasteiger partial charge in [0.25, 0.3) is 0 Å². The van der Waals surface area contributed by atoms with Crippen molar-refractivity contribution in [3.63, 3.8) is 0 Å². The van der Waals surface area contributed by atoms with Gasteiger partial charge in [-0.3, -0.25) is 14.2 Å². The number of carbonyl (C=O) groups is 1. The van der Waals surface area contributed by atoms with Crippen molar-refractivity contribution in [1.82, 2.24) is 0 Å². The number of hydrogen-bond acceptors (Lipinski definition) is 7. The maximum Gasteiger partial charge on any atom is 0.527 e. The van der Waals surface area contributed by atoms with Crippen LogP contribution in [0.25, 0.3) is 0 Å². The standard InChI is InChI=1S/C24H33O8P/c1-5-6-7-8-15-31-33(26,27)32-19-12-9-18(10-13-19)11-14-21(25)24-22(29-3)16-20(28-2)17-23(24)30-4/h9-10,12-13,16-17H,5-8,11,14-15H2,1-4H3,(H,26,27). The molecule has 0 radical (unpaired) electrons. The molecule has 0 aliphatic rings. The molecule has 0 heterocycles. The Kier molecular flexibility index (Phi) is 10.7. The van der Waals surface area contributed by atoms with Gasteiger partial charge in [-0.2, -0.15) is 0 Å². The first kappa shape index (κ1) is 26.7. The molecule has 0 amide bonds. The Balaban J connectivity index is 1.95.